The Morgan fingerprint density at radius 3 is 2.57 bits per heavy atom. The molecule has 1 aromatic carbocycles. The molecular formula is C23H25N5. The van der Waals surface area contributed by atoms with Crippen molar-refractivity contribution in [1.29, 1.82) is 0 Å². The predicted octanol–water partition coefficient (Wildman–Crippen LogP) is 3.15. The predicted molar refractivity (Wildman–Crippen MR) is 110 cm³/mol. The van der Waals surface area contributed by atoms with Crippen LogP contribution in [-0.4, -0.2) is 46.0 Å². The summed E-state index contributed by atoms with van der Waals surface area (Å²) in [7, 11) is 0. The monoisotopic (exact) mass is 371 g/mol. The summed E-state index contributed by atoms with van der Waals surface area (Å²) in [6.07, 6.45) is 8.67. The van der Waals surface area contributed by atoms with Gasteiger partial charge in [0.1, 0.15) is 0 Å². The molecule has 2 aliphatic rings. The van der Waals surface area contributed by atoms with E-state index in [1.807, 2.05) is 36.9 Å². The zero-order valence-corrected chi connectivity index (χ0v) is 16.0. The molecule has 2 saturated heterocycles. The molecule has 3 aromatic rings. The van der Waals surface area contributed by atoms with Crippen molar-refractivity contribution in [1.82, 2.24) is 19.9 Å². The van der Waals surface area contributed by atoms with Crippen LogP contribution in [0, 0.1) is 5.92 Å². The normalized spacial score (nSPS) is 24.9. The van der Waals surface area contributed by atoms with Crippen LogP contribution in [-0.2, 0) is 12.0 Å². The van der Waals surface area contributed by atoms with Crippen molar-refractivity contribution in [2.24, 2.45) is 5.92 Å². The molecule has 0 amide bonds. The molecule has 0 aliphatic carbocycles. The van der Waals surface area contributed by atoms with Crippen LogP contribution in [0.2, 0.25) is 0 Å². The van der Waals surface area contributed by atoms with E-state index >= 15 is 0 Å². The van der Waals surface area contributed by atoms with E-state index in [1.165, 1.54) is 11.1 Å². The van der Waals surface area contributed by atoms with E-state index < -0.39 is 0 Å². The number of piperidine rings is 1. The van der Waals surface area contributed by atoms with E-state index in [4.69, 9.17) is 0 Å². The van der Waals surface area contributed by atoms with Crippen molar-refractivity contribution in [3.63, 3.8) is 0 Å². The van der Waals surface area contributed by atoms with Gasteiger partial charge in [-0.2, -0.15) is 0 Å². The van der Waals surface area contributed by atoms with E-state index in [2.05, 4.69) is 61.1 Å². The molecule has 2 unspecified atom stereocenters. The zero-order chi connectivity index (χ0) is 18.8. The summed E-state index contributed by atoms with van der Waals surface area (Å²) in [5.41, 5.74) is 2.92. The lowest BCUT2D eigenvalue weighted by Crippen LogP contribution is -2.49. The fourth-order valence-electron chi connectivity index (χ4n) is 4.99. The third kappa shape index (κ3) is 3.16. The van der Waals surface area contributed by atoms with Crippen LogP contribution in [0.3, 0.4) is 0 Å². The maximum atomic E-state index is 4.52. The molecule has 0 spiro atoms. The first kappa shape index (κ1) is 17.3. The third-order valence-electron chi connectivity index (χ3n) is 6.36. The molecule has 142 valence electrons. The van der Waals surface area contributed by atoms with Gasteiger partial charge in [0.05, 0.1) is 0 Å². The summed E-state index contributed by atoms with van der Waals surface area (Å²) in [5.74, 6) is 1.41. The van der Waals surface area contributed by atoms with E-state index in [0.29, 0.717) is 5.92 Å². The quantitative estimate of drug-likeness (QED) is 0.705. The molecule has 28 heavy (non-hydrogen) atoms. The van der Waals surface area contributed by atoms with Gasteiger partial charge >= 0.3 is 0 Å². The fourth-order valence-corrected chi connectivity index (χ4v) is 4.99. The summed E-state index contributed by atoms with van der Waals surface area (Å²) in [5, 5.41) is 0. The van der Waals surface area contributed by atoms with Crippen molar-refractivity contribution >= 4 is 5.95 Å². The summed E-state index contributed by atoms with van der Waals surface area (Å²) in [6.45, 7) is 5.16. The van der Waals surface area contributed by atoms with Crippen LogP contribution in [0.5, 0.6) is 0 Å². The lowest BCUT2D eigenvalue weighted by Gasteiger charge is -2.44. The highest BCUT2D eigenvalue weighted by Gasteiger charge is 2.50. The number of hydrogen-bond acceptors (Lipinski definition) is 5. The Bertz CT molecular complexity index is 902. The Hall–Kier alpha value is -2.79. The van der Waals surface area contributed by atoms with Crippen molar-refractivity contribution < 1.29 is 0 Å². The molecule has 2 fully saturated rings. The molecular weight excluding hydrogens is 346 g/mol. The Kier molecular flexibility index (Phi) is 4.53. The van der Waals surface area contributed by atoms with Gasteiger partial charge in [-0.3, -0.25) is 9.88 Å². The van der Waals surface area contributed by atoms with Crippen LogP contribution >= 0.6 is 0 Å². The minimum atomic E-state index is 0.173. The molecule has 0 N–H and O–H groups in total. The third-order valence-corrected chi connectivity index (χ3v) is 6.36. The van der Waals surface area contributed by atoms with E-state index in [1.54, 1.807) is 0 Å². The maximum Gasteiger partial charge on any atom is 0.225 e. The van der Waals surface area contributed by atoms with E-state index in [9.17, 15) is 0 Å². The average Bonchev–Trinajstić information content (AvgIpc) is 3.16. The molecule has 0 radical (unpaired) electrons. The van der Waals surface area contributed by atoms with Crippen LogP contribution < -0.4 is 4.90 Å². The second-order valence-electron chi connectivity index (χ2n) is 7.99. The molecule has 4 heterocycles. The number of benzene rings is 1. The second kappa shape index (κ2) is 7.32. The van der Waals surface area contributed by atoms with Gasteiger partial charge in [-0.1, -0.05) is 36.4 Å². The maximum absolute atomic E-state index is 4.52. The van der Waals surface area contributed by atoms with Gasteiger partial charge in [0, 0.05) is 62.3 Å². The van der Waals surface area contributed by atoms with Crippen LogP contribution in [0.1, 0.15) is 17.5 Å². The SMILES string of the molecule is c1ccc(C23CCN(Cc4cccnc4)CC2CN(c2ncccn2)C3)cc1. The Morgan fingerprint density at radius 1 is 0.929 bits per heavy atom. The van der Waals surface area contributed by atoms with E-state index in [0.717, 1.165) is 45.1 Å². The summed E-state index contributed by atoms with van der Waals surface area (Å²) in [4.78, 5) is 18.3. The van der Waals surface area contributed by atoms with Gasteiger partial charge in [0.25, 0.3) is 0 Å². The van der Waals surface area contributed by atoms with Gasteiger partial charge in [0.15, 0.2) is 0 Å². The largest absolute Gasteiger partial charge is 0.340 e. The van der Waals surface area contributed by atoms with Crippen LogP contribution in [0.15, 0.2) is 73.3 Å². The van der Waals surface area contributed by atoms with Crippen molar-refractivity contribution in [2.45, 2.75) is 18.4 Å². The van der Waals surface area contributed by atoms with Crippen molar-refractivity contribution in [3.8, 4) is 0 Å². The molecule has 0 saturated carbocycles. The lowest BCUT2D eigenvalue weighted by molar-refractivity contribution is 0.117. The molecule has 2 aromatic heterocycles. The van der Waals surface area contributed by atoms with Gasteiger partial charge in [0.2, 0.25) is 5.95 Å². The Labute approximate surface area is 166 Å². The number of fused-ring (bicyclic) bond motifs is 1. The number of hydrogen-bond donors (Lipinski definition) is 0. The Balaban J connectivity index is 1.43. The molecule has 5 rings (SSSR count). The highest BCUT2D eigenvalue weighted by Crippen LogP contribution is 2.46. The standard InChI is InChI=1S/C23H25N5/c1-2-7-20(8-3-1)23-9-13-27(15-19-6-4-10-24-14-19)16-21(23)17-28(18-23)22-25-11-5-12-26-22/h1-8,10-12,14,21H,9,13,15-18H2. The molecule has 5 heteroatoms. The topological polar surface area (TPSA) is 45.2 Å². The van der Waals surface area contributed by atoms with Crippen molar-refractivity contribution in [3.05, 3.63) is 84.4 Å². The van der Waals surface area contributed by atoms with Gasteiger partial charge in [-0.15, -0.1) is 0 Å². The zero-order valence-electron chi connectivity index (χ0n) is 16.0. The number of pyridine rings is 1. The Morgan fingerprint density at radius 2 is 1.79 bits per heavy atom. The van der Waals surface area contributed by atoms with Gasteiger partial charge in [-0.25, -0.2) is 9.97 Å². The van der Waals surface area contributed by atoms with Gasteiger partial charge in [-0.05, 0) is 36.2 Å². The summed E-state index contributed by atoms with van der Waals surface area (Å²) >= 11 is 0. The summed E-state index contributed by atoms with van der Waals surface area (Å²) < 4.78 is 0. The number of likely N-dealkylation sites (tertiary alicyclic amines) is 1. The first-order chi connectivity index (χ1) is 13.8. The minimum Gasteiger partial charge on any atom is -0.340 e. The molecule has 5 nitrogen and oxygen atoms in total. The first-order valence-electron chi connectivity index (χ1n) is 10.0. The number of aromatic nitrogens is 3. The highest BCUT2D eigenvalue weighted by atomic mass is 15.3. The first-order valence-corrected chi connectivity index (χ1v) is 10.0. The number of anilines is 1. The lowest BCUT2D eigenvalue weighted by atomic mass is 9.68. The summed E-state index contributed by atoms with van der Waals surface area (Å²) in [6, 6.07) is 17.1. The van der Waals surface area contributed by atoms with E-state index in [-0.39, 0.29) is 5.41 Å². The van der Waals surface area contributed by atoms with Crippen molar-refractivity contribution in [2.75, 3.05) is 31.1 Å². The molecule has 2 aliphatic heterocycles. The number of rotatable bonds is 4. The highest BCUT2D eigenvalue weighted by molar-refractivity contribution is 5.41. The molecule has 2 atom stereocenters. The fraction of sp³-hybridized carbons (Fsp3) is 0.348. The van der Waals surface area contributed by atoms with Crippen LogP contribution in [0.25, 0.3) is 0 Å². The molecule has 0 bridgehead atoms. The number of nitrogens with zero attached hydrogens (tertiary/aromatic N) is 5. The average molecular weight is 371 g/mol. The smallest absolute Gasteiger partial charge is 0.225 e. The minimum absolute atomic E-state index is 0.173. The van der Waals surface area contributed by atoms with Gasteiger partial charge < -0.3 is 4.90 Å². The second-order valence-corrected chi connectivity index (χ2v) is 7.99. The van der Waals surface area contributed by atoms with Crippen LogP contribution in [0.4, 0.5) is 5.95 Å².